The van der Waals surface area contributed by atoms with E-state index in [4.69, 9.17) is 10.5 Å². The summed E-state index contributed by atoms with van der Waals surface area (Å²) in [6.07, 6.45) is 2.61. The fourth-order valence-corrected chi connectivity index (χ4v) is 4.39. The SMILES string of the molecule is COCC1=CCN(S(=O)(=O)c2cc(N)c(Br)cc2C)CC1. The van der Waals surface area contributed by atoms with Gasteiger partial charge in [-0.15, -0.1) is 0 Å². The Bertz CT molecular complexity index is 671. The van der Waals surface area contributed by atoms with Gasteiger partial charge in [0.05, 0.1) is 11.5 Å². The molecule has 0 aliphatic carbocycles. The summed E-state index contributed by atoms with van der Waals surface area (Å²) in [5.41, 5.74) is 8.06. The molecule has 116 valence electrons. The van der Waals surface area contributed by atoms with E-state index in [-0.39, 0.29) is 4.90 Å². The summed E-state index contributed by atoms with van der Waals surface area (Å²) in [6.45, 7) is 3.16. The maximum atomic E-state index is 12.7. The summed E-state index contributed by atoms with van der Waals surface area (Å²) in [5, 5.41) is 0. The lowest BCUT2D eigenvalue weighted by Gasteiger charge is -2.26. The monoisotopic (exact) mass is 374 g/mol. The number of benzene rings is 1. The smallest absolute Gasteiger partial charge is 0.243 e. The summed E-state index contributed by atoms with van der Waals surface area (Å²) in [4.78, 5) is 0.270. The molecule has 1 heterocycles. The summed E-state index contributed by atoms with van der Waals surface area (Å²) in [5.74, 6) is 0. The van der Waals surface area contributed by atoms with E-state index in [1.807, 2.05) is 6.08 Å². The van der Waals surface area contributed by atoms with Gasteiger partial charge in [-0.25, -0.2) is 8.42 Å². The number of hydrogen-bond acceptors (Lipinski definition) is 4. The van der Waals surface area contributed by atoms with Crippen LogP contribution < -0.4 is 5.73 Å². The van der Waals surface area contributed by atoms with Gasteiger partial charge >= 0.3 is 0 Å². The van der Waals surface area contributed by atoms with Crippen LogP contribution in [-0.2, 0) is 14.8 Å². The number of nitrogens with two attached hydrogens (primary N) is 1. The zero-order valence-electron chi connectivity index (χ0n) is 12.1. The van der Waals surface area contributed by atoms with Gasteiger partial charge in [-0.1, -0.05) is 6.08 Å². The highest BCUT2D eigenvalue weighted by Gasteiger charge is 2.28. The average Bonchev–Trinajstić information content (AvgIpc) is 2.43. The molecular weight excluding hydrogens is 356 g/mol. The molecular formula is C14H19BrN2O3S. The summed E-state index contributed by atoms with van der Waals surface area (Å²) >= 11 is 3.31. The molecule has 0 fully saturated rings. The minimum Gasteiger partial charge on any atom is -0.398 e. The van der Waals surface area contributed by atoms with Crippen LogP contribution in [0.15, 0.2) is 33.2 Å². The Morgan fingerprint density at radius 2 is 2.14 bits per heavy atom. The van der Waals surface area contributed by atoms with Crippen molar-refractivity contribution in [2.24, 2.45) is 0 Å². The van der Waals surface area contributed by atoms with Gasteiger partial charge in [0.25, 0.3) is 0 Å². The molecule has 1 aliphatic heterocycles. The van der Waals surface area contributed by atoms with Crippen molar-refractivity contribution in [3.05, 3.63) is 33.8 Å². The lowest BCUT2D eigenvalue weighted by Crippen LogP contribution is -2.35. The Balaban J connectivity index is 2.30. The molecule has 5 nitrogen and oxygen atoms in total. The molecule has 0 saturated carbocycles. The standard InChI is InChI=1S/C14H19BrN2O3S/c1-10-7-12(15)13(16)8-14(10)21(18,19)17-5-3-11(4-6-17)9-20-2/h3,7-8H,4-6,9,16H2,1-2H3. The lowest BCUT2D eigenvalue weighted by atomic mass is 10.1. The zero-order chi connectivity index (χ0) is 15.6. The molecule has 2 N–H and O–H groups in total. The maximum Gasteiger partial charge on any atom is 0.243 e. The molecule has 0 atom stereocenters. The van der Waals surface area contributed by atoms with Crippen molar-refractivity contribution in [3.63, 3.8) is 0 Å². The van der Waals surface area contributed by atoms with Crippen LogP contribution in [-0.4, -0.2) is 39.5 Å². The summed E-state index contributed by atoms with van der Waals surface area (Å²) in [7, 11) is -1.89. The Labute approximate surface area is 133 Å². The number of anilines is 1. The van der Waals surface area contributed by atoms with Crippen LogP contribution >= 0.6 is 15.9 Å². The number of hydrogen-bond donors (Lipinski definition) is 1. The number of sulfonamides is 1. The quantitative estimate of drug-likeness (QED) is 0.648. The fourth-order valence-electron chi connectivity index (χ4n) is 2.31. The van der Waals surface area contributed by atoms with Crippen LogP contribution in [0.5, 0.6) is 0 Å². The molecule has 0 bridgehead atoms. The van der Waals surface area contributed by atoms with Crippen LogP contribution in [0.4, 0.5) is 5.69 Å². The third kappa shape index (κ3) is 3.48. The number of nitrogen functional groups attached to an aromatic ring is 1. The molecule has 1 aromatic carbocycles. The van der Waals surface area contributed by atoms with Gasteiger partial charge in [0.15, 0.2) is 0 Å². The molecule has 0 saturated heterocycles. The molecule has 1 aromatic rings. The predicted octanol–water partition coefficient (Wildman–Crippen LogP) is 2.31. The second-order valence-electron chi connectivity index (χ2n) is 5.05. The van der Waals surface area contributed by atoms with Crippen molar-refractivity contribution < 1.29 is 13.2 Å². The van der Waals surface area contributed by atoms with Gasteiger partial charge in [0.2, 0.25) is 10.0 Å². The lowest BCUT2D eigenvalue weighted by molar-refractivity contribution is 0.219. The van der Waals surface area contributed by atoms with Crippen LogP contribution in [0.25, 0.3) is 0 Å². The minimum absolute atomic E-state index is 0.270. The van der Waals surface area contributed by atoms with E-state index in [1.54, 1.807) is 20.1 Å². The Kier molecular flexibility index (Phi) is 5.08. The summed E-state index contributed by atoms with van der Waals surface area (Å²) in [6, 6.07) is 3.25. The Morgan fingerprint density at radius 1 is 1.43 bits per heavy atom. The number of nitrogens with zero attached hydrogens (tertiary/aromatic N) is 1. The largest absolute Gasteiger partial charge is 0.398 e. The molecule has 0 spiro atoms. The van der Waals surface area contributed by atoms with Crippen LogP contribution in [0, 0.1) is 6.92 Å². The first-order valence-corrected chi connectivity index (χ1v) is 8.82. The summed E-state index contributed by atoms with van der Waals surface area (Å²) < 4.78 is 32.7. The third-order valence-corrected chi connectivity index (χ3v) is 6.20. The van der Waals surface area contributed by atoms with E-state index in [0.717, 1.165) is 5.57 Å². The first-order chi connectivity index (χ1) is 9.86. The Morgan fingerprint density at radius 3 is 2.71 bits per heavy atom. The number of rotatable bonds is 4. The highest BCUT2D eigenvalue weighted by atomic mass is 79.9. The van der Waals surface area contributed by atoms with Gasteiger partial charge in [-0.2, -0.15) is 4.31 Å². The first-order valence-electron chi connectivity index (χ1n) is 6.59. The first kappa shape index (κ1) is 16.5. The molecule has 2 rings (SSSR count). The minimum atomic E-state index is -3.52. The zero-order valence-corrected chi connectivity index (χ0v) is 14.5. The Hall–Kier alpha value is -0.890. The molecule has 0 amide bonds. The fraction of sp³-hybridized carbons (Fsp3) is 0.429. The van der Waals surface area contributed by atoms with Gasteiger partial charge in [-0.05, 0) is 52.5 Å². The second kappa shape index (κ2) is 6.48. The van der Waals surface area contributed by atoms with Crippen molar-refractivity contribution in [2.45, 2.75) is 18.2 Å². The van der Waals surface area contributed by atoms with E-state index >= 15 is 0 Å². The number of halogens is 1. The van der Waals surface area contributed by atoms with E-state index < -0.39 is 10.0 Å². The van der Waals surface area contributed by atoms with Crippen molar-refractivity contribution >= 4 is 31.6 Å². The molecule has 1 aliphatic rings. The third-order valence-electron chi connectivity index (χ3n) is 3.51. The molecule has 0 unspecified atom stereocenters. The van der Waals surface area contributed by atoms with E-state index in [1.165, 1.54) is 10.4 Å². The van der Waals surface area contributed by atoms with Crippen LogP contribution in [0.3, 0.4) is 0 Å². The number of methoxy groups -OCH3 is 1. The average molecular weight is 375 g/mol. The maximum absolute atomic E-state index is 12.7. The van der Waals surface area contributed by atoms with Gasteiger partial charge in [-0.3, -0.25) is 0 Å². The van der Waals surface area contributed by atoms with Gasteiger partial charge in [0, 0.05) is 30.4 Å². The number of aryl methyl sites for hydroxylation is 1. The molecule has 0 aromatic heterocycles. The van der Waals surface area contributed by atoms with Crippen molar-refractivity contribution in [3.8, 4) is 0 Å². The highest BCUT2D eigenvalue weighted by molar-refractivity contribution is 9.10. The highest BCUT2D eigenvalue weighted by Crippen LogP contribution is 2.29. The predicted molar refractivity (Wildman–Crippen MR) is 86.6 cm³/mol. The molecule has 0 radical (unpaired) electrons. The topological polar surface area (TPSA) is 72.6 Å². The van der Waals surface area contributed by atoms with Crippen LogP contribution in [0.1, 0.15) is 12.0 Å². The molecule has 21 heavy (non-hydrogen) atoms. The van der Waals surface area contributed by atoms with Crippen molar-refractivity contribution in [1.82, 2.24) is 4.31 Å². The second-order valence-corrected chi connectivity index (χ2v) is 7.81. The van der Waals surface area contributed by atoms with Crippen molar-refractivity contribution in [1.29, 1.82) is 0 Å². The molecule has 7 heteroatoms. The van der Waals surface area contributed by atoms with Crippen molar-refractivity contribution in [2.75, 3.05) is 32.5 Å². The van der Waals surface area contributed by atoms with Gasteiger partial charge in [0.1, 0.15) is 0 Å². The number of ether oxygens (including phenoxy) is 1. The normalized spacial score (nSPS) is 16.8. The van der Waals surface area contributed by atoms with Gasteiger partial charge < -0.3 is 10.5 Å². The van der Waals surface area contributed by atoms with Crippen LogP contribution in [0.2, 0.25) is 0 Å². The van der Waals surface area contributed by atoms with E-state index in [0.29, 0.717) is 41.8 Å². The van der Waals surface area contributed by atoms with E-state index in [2.05, 4.69) is 15.9 Å². The van der Waals surface area contributed by atoms with E-state index in [9.17, 15) is 8.42 Å².